The van der Waals surface area contributed by atoms with Gasteiger partial charge in [-0.25, -0.2) is 4.40 Å². The Hall–Kier alpha value is -2.93. The largest absolute Gasteiger partial charge is 0.341 e. The number of anilines is 1. The maximum atomic E-state index is 13.4. The molecule has 0 aliphatic carbocycles. The van der Waals surface area contributed by atoms with Crippen LogP contribution in [-0.4, -0.2) is 32.3 Å². The second kappa shape index (κ2) is 8.67. The molecule has 3 heterocycles. The minimum absolute atomic E-state index is 0.0590. The third kappa shape index (κ3) is 3.90. The maximum Gasteiger partial charge on any atom is 0.263 e. The van der Waals surface area contributed by atoms with E-state index in [9.17, 15) is 4.79 Å². The fourth-order valence-corrected chi connectivity index (χ4v) is 4.63. The van der Waals surface area contributed by atoms with E-state index in [2.05, 4.69) is 31.0 Å². The molecule has 7 heteroatoms. The van der Waals surface area contributed by atoms with Crippen LogP contribution in [0.25, 0.3) is 22.8 Å². The Morgan fingerprint density at radius 3 is 2.52 bits per heavy atom. The Morgan fingerprint density at radius 2 is 1.74 bits per heavy atom. The van der Waals surface area contributed by atoms with Gasteiger partial charge in [0.1, 0.15) is 0 Å². The van der Waals surface area contributed by atoms with Crippen LogP contribution in [0.15, 0.2) is 63.9 Å². The standard InChI is InChI=1S/C24H24BrN5O/c25-19-12-13-21-20(17-19)22(31)29(16-8-11-18-9-4-3-5-10-18)24-27-26-23(30(21)24)28-14-6-1-2-7-15-28/h3-5,8-13,17H,1-2,6-7,14-16H2/b11-8+. The molecule has 1 aliphatic heterocycles. The summed E-state index contributed by atoms with van der Waals surface area (Å²) >= 11 is 3.52. The lowest BCUT2D eigenvalue weighted by Gasteiger charge is -2.20. The van der Waals surface area contributed by atoms with Crippen molar-refractivity contribution in [2.24, 2.45) is 0 Å². The average Bonchev–Trinajstić information content (AvgIpc) is 3.04. The molecule has 1 fully saturated rings. The zero-order chi connectivity index (χ0) is 21.2. The summed E-state index contributed by atoms with van der Waals surface area (Å²) in [5.41, 5.74) is 1.88. The second-order valence-corrected chi connectivity index (χ2v) is 8.84. The van der Waals surface area contributed by atoms with E-state index in [1.807, 2.05) is 65.1 Å². The van der Waals surface area contributed by atoms with Crippen molar-refractivity contribution in [3.8, 4) is 0 Å². The topological polar surface area (TPSA) is 55.4 Å². The molecule has 1 saturated heterocycles. The number of benzene rings is 2. The number of hydrogen-bond acceptors (Lipinski definition) is 4. The van der Waals surface area contributed by atoms with Gasteiger partial charge in [0.2, 0.25) is 11.7 Å². The Balaban J connectivity index is 1.66. The summed E-state index contributed by atoms with van der Waals surface area (Å²) in [6.45, 7) is 2.36. The van der Waals surface area contributed by atoms with Crippen molar-refractivity contribution in [2.45, 2.75) is 32.2 Å². The van der Waals surface area contributed by atoms with Crippen LogP contribution in [0.1, 0.15) is 31.2 Å². The second-order valence-electron chi connectivity index (χ2n) is 7.93. The predicted octanol–water partition coefficient (Wildman–Crippen LogP) is 4.90. The van der Waals surface area contributed by atoms with Gasteiger partial charge in [-0.05, 0) is 36.6 Å². The molecule has 6 nitrogen and oxygen atoms in total. The van der Waals surface area contributed by atoms with Crippen LogP contribution >= 0.6 is 15.9 Å². The summed E-state index contributed by atoms with van der Waals surface area (Å²) in [5.74, 6) is 1.40. The summed E-state index contributed by atoms with van der Waals surface area (Å²) in [7, 11) is 0. The monoisotopic (exact) mass is 477 g/mol. The Labute approximate surface area is 189 Å². The van der Waals surface area contributed by atoms with Crippen molar-refractivity contribution < 1.29 is 0 Å². The number of halogens is 1. The lowest BCUT2D eigenvalue weighted by molar-refractivity contribution is 0.726. The SMILES string of the molecule is O=c1c2cc(Br)ccc2n2c(N3CCCCCC3)nnc2n1C/C=C/c1ccccc1. The number of fused-ring (bicyclic) bond motifs is 3. The average molecular weight is 478 g/mol. The van der Waals surface area contributed by atoms with Crippen LogP contribution in [-0.2, 0) is 6.54 Å². The fourth-order valence-electron chi connectivity index (χ4n) is 4.27. The molecule has 0 amide bonds. The number of allylic oxidation sites excluding steroid dienone is 1. The van der Waals surface area contributed by atoms with Gasteiger partial charge in [-0.1, -0.05) is 71.3 Å². The van der Waals surface area contributed by atoms with Gasteiger partial charge in [-0.15, -0.1) is 10.2 Å². The van der Waals surface area contributed by atoms with E-state index in [0.29, 0.717) is 17.7 Å². The fraction of sp³-hybridized carbons (Fsp3) is 0.292. The van der Waals surface area contributed by atoms with Gasteiger partial charge < -0.3 is 4.90 Å². The van der Waals surface area contributed by atoms with Crippen LogP contribution in [0.5, 0.6) is 0 Å². The first kappa shape index (κ1) is 20.0. The van der Waals surface area contributed by atoms with Gasteiger partial charge >= 0.3 is 0 Å². The molecular formula is C24H24BrN5O. The molecule has 0 saturated carbocycles. The van der Waals surface area contributed by atoms with Gasteiger partial charge in [0, 0.05) is 24.1 Å². The highest BCUT2D eigenvalue weighted by molar-refractivity contribution is 9.10. The van der Waals surface area contributed by atoms with Crippen LogP contribution in [0.2, 0.25) is 0 Å². The first-order valence-corrected chi connectivity index (χ1v) is 11.6. The summed E-state index contributed by atoms with van der Waals surface area (Å²) in [5, 5.41) is 9.67. The summed E-state index contributed by atoms with van der Waals surface area (Å²) in [6.07, 6.45) is 8.82. The quantitative estimate of drug-likeness (QED) is 0.419. The highest BCUT2D eigenvalue weighted by Gasteiger charge is 2.21. The molecule has 0 unspecified atom stereocenters. The third-order valence-corrected chi connectivity index (χ3v) is 6.33. The molecule has 0 radical (unpaired) electrons. The minimum Gasteiger partial charge on any atom is -0.341 e. The molecule has 2 aromatic heterocycles. The minimum atomic E-state index is -0.0590. The molecule has 4 aromatic rings. The third-order valence-electron chi connectivity index (χ3n) is 5.83. The molecule has 0 N–H and O–H groups in total. The van der Waals surface area contributed by atoms with Crippen LogP contribution < -0.4 is 10.5 Å². The smallest absolute Gasteiger partial charge is 0.263 e. The number of aromatic nitrogens is 4. The molecule has 0 atom stereocenters. The van der Waals surface area contributed by atoms with Crippen molar-refractivity contribution in [3.05, 3.63) is 75.0 Å². The Morgan fingerprint density at radius 1 is 0.968 bits per heavy atom. The van der Waals surface area contributed by atoms with E-state index in [4.69, 9.17) is 0 Å². The van der Waals surface area contributed by atoms with Gasteiger partial charge in [-0.2, -0.15) is 0 Å². The van der Waals surface area contributed by atoms with E-state index in [-0.39, 0.29) is 5.56 Å². The lowest BCUT2D eigenvalue weighted by Crippen LogP contribution is -2.28. The molecule has 5 rings (SSSR count). The van der Waals surface area contributed by atoms with Gasteiger partial charge in [0.25, 0.3) is 5.56 Å². The van der Waals surface area contributed by atoms with Crippen LogP contribution in [0, 0.1) is 0 Å². The normalized spacial score (nSPS) is 15.2. The predicted molar refractivity (Wildman–Crippen MR) is 129 cm³/mol. The summed E-state index contributed by atoms with van der Waals surface area (Å²) in [4.78, 5) is 15.7. The summed E-state index contributed by atoms with van der Waals surface area (Å²) in [6, 6.07) is 15.9. The summed E-state index contributed by atoms with van der Waals surface area (Å²) < 4.78 is 4.64. The number of rotatable bonds is 4. The van der Waals surface area contributed by atoms with Crippen molar-refractivity contribution in [3.63, 3.8) is 0 Å². The van der Waals surface area contributed by atoms with Crippen LogP contribution in [0.3, 0.4) is 0 Å². The zero-order valence-corrected chi connectivity index (χ0v) is 18.8. The van der Waals surface area contributed by atoms with Gasteiger partial charge in [0.15, 0.2) is 0 Å². The molecule has 31 heavy (non-hydrogen) atoms. The molecule has 2 aromatic carbocycles. The van der Waals surface area contributed by atoms with E-state index in [1.165, 1.54) is 12.8 Å². The number of nitrogens with zero attached hydrogens (tertiary/aromatic N) is 5. The zero-order valence-electron chi connectivity index (χ0n) is 17.2. The van der Waals surface area contributed by atoms with E-state index < -0.39 is 0 Å². The lowest BCUT2D eigenvalue weighted by atomic mass is 10.2. The van der Waals surface area contributed by atoms with E-state index >= 15 is 0 Å². The molecule has 0 bridgehead atoms. The van der Waals surface area contributed by atoms with E-state index in [0.717, 1.165) is 47.4 Å². The maximum absolute atomic E-state index is 13.4. The highest BCUT2D eigenvalue weighted by Crippen LogP contribution is 2.24. The molecular weight excluding hydrogens is 454 g/mol. The van der Waals surface area contributed by atoms with Crippen molar-refractivity contribution >= 4 is 44.6 Å². The first-order chi connectivity index (χ1) is 15.2. The first-order valence-electron chi connectivity index (χ1n) is 10.8. The van der Waals surface area contributed by atoms with Gasteiger partial charge in [-0.3, -0.25) is 9.36 Å². The van der Waals surface area contributed by atoms with Crippen LogP contribution in [0.4, 0.5) is 5.95 Å². The van der Waals surface area contributed by atoms with Crippen molar-refractivity contribution in [1.29, 1.82) is 0 Å². The Bertz CT molecular complexity index is 1300. The Kier molecular flexibility index (Phi) is 5.59. The van der Waals surface area contributed by atoms with Crippen molar-refractivity contribution in [2.75, 3.05) is 18.0 Å². The van der Waals surface area contributed by atoms with E-state index in [1.54, 1.807) is 4.57 Å². The highest BCUT2D eigenvalue weighted by atomic mass is 79.9. The molecule has 0 spiro atoms. The van der Waals surface area contributed by atoms with Crippen molar-refractivity contribution in [1.82, 2.24) is 19.2 Å². The molecule has 1 aliphatic rings. The van der Waals surface area contributed by atoms with Gasteiger partial charge in [0.05, 0.1) is 10.9 Å². The number of hydrogen-bond donors (Lipinski definition) is 0. The molecule has 158 valence electrons.